The number of carbonyl (C=O) groups is 1. The number of benzene rings is 2. The molecule has 0 spiro atoms. The molecule has 124 valence electrons. The number of aliphatic carboxylic acids is 1. The second-order valence-electron chi connectivity index (χ2n) is 5.09. The van der Waals surface area contributed by atoms with Gasteiger partial charge in [-0.25, -0.2) is 8.42 Å². The van der Waals surface area contributed by atoms with Gasteiger partial charge in [0.05, 0.1) is 11.7 Å². The van der Waals surface area contributed by atoms with Crippen LogP contribution in [0.2, 0.25) is 0 Å². The third kappa shape index (κ3) is 3.42. The average molecular weight is 363 g/mol. The molecule has 0 saturated carbocycles. The molecule has 0 aliphatic heterocycles. The first-order chi connectivity index (χ1) is 11.5. The summed E-state index contributed by atoms with van der Waals surface area (Å²) < 4.78 is 35.5. The highest BCUT2D eigenvalue weighted by Gasteiger charge is 2.27. The van der Waals surface area contributed by atoms with E-state index in [0.717, 1.165) is 17.3 Å². The number of nitrogens with zero attached hydrogens (tertiary/aromatic N) is 2. The van der Waals surface area contributed by atoms with Crippen molar-refractivity contribution in [1.29, 1.82) is 0 Å². The van der Waals surface area contributed by atoms with Gasteiger partial charge >= 0.3 is 5.97 Å². The van der Waals surface area contributed by atoms with E-state index in [0.29, 0.717) is 5.52 Å². The molecule has 0 aliphatic rings. The number of sulfonamides is 1. The van der Waals surface area contributed by atoms with Crippen molar-refractivity contribution < 1.29 is 18.3 Å². The molecule has 1 aromatic heterocycles. The van der Waals surface area contributed by atoms with Crippen LogP contribution in [0.5, 0.6) is 0 Å². The number of fused-ring (bicyclic) bond motifs is 1. The molecule has 3 rings (SSSR count). The number of aromatic nitrogens is 2. The smallest absolute Gasteiger partial charge is 0.322 e. The lowest BCUT2D eigenvalue weighted by molar-refractivity contribution is -0.138. The third-order valence-electron chi connectivity index (χ3n) is 3.42. The van der Waals surface area contributed by atoms with Crippen LogP contribution >= 0.6 is 11.7 Å². The Labute approximate surface area is 142 Å². The molecule has 0 unspecified atom stereocenters. The molecule has 0 fully saturated rings. The summed E-state index contributed by atoms with van der Waals surface area (Å²) in [6.45, 7) is 0. The number of nitrogens with one attached hydrogen (secondary N) is 1. The van der Waals surface area contributed by atoms with Crippen LogP contribution in [-0.2, 0) is 21.2 Å². The number of hydrogen-bond acceptors (Lipinski definition) is 6. The van der Waals surface area contributed by atoms with Gasteiger partial charge in [0.1, 0.15) is 22.0 Å². The van der Waals surface area contributed by atoms with Gasteiger partial charge in [0.25, 0.3) is 0 Å². The summed E-state index contributed by atoms with van der Waals surface area (Å²) in [7, 11) is -4.05. The van der Waals surface area contributed by atoms with Gasteiger partial charge in [-0.2, -0.15) is 13.5 Å². The van der Waals surface area contributed by atoms with E-state index in [2.05, 4.69) is 13.5 Å². The van der Waals surface area contributed by atoms with Crippen LogP contribution in [0.4, 0.5) is 0 Å². The van der Waals surface area contributed by atoms with Crippen molar-refractivity contribution in [2.75, 3.05) is 0 Å². The SMILES string of the molecule is O=C(O)[C@@H](Cc1ccccc1)NS(=O)(=O)c1cccc2nsnc12. The minimum atomic E-state index is -4.05. The number of carboxylic acids is 1. The minimum Gasteiger partial charge on any atom is -0.480 e. The first-order valence-corrected chi connectivity index (χ1v) is 9.19. The Morgan fingerprint density at radius 3 is 2.58 bits per heavy atom. The number of carboxylic acid groups (broad SMARTS) is 1. The molecule has 0 radical (unpaired) electrons. The fraction of sp³-hybridized carbons (Fsp3) is 0.133. The van der Waals surface area contributed by atoms with E-state index in [1.165, 1.54) is 6.07 Å². The molecule has 7 nitrogen and oxygen atoms in total. The fourth-order valence-corrected chi connectivity index (χ4v) is 4.23. The molecule has 0 saturated heterocycles. The van der Waals surface area contributed by atoms with Crippen molar-refractivity contribution in [1.82, 2.24) is 13.5 Å². The topological polar surface area (TPSA) is 109 Å². The summed E-state index contributed by atoms with van der Waals surface area (Å²) in [6.07, 6.45) is 0.0424. The molecule has 9 heteroatoms. The Morgan fingerprint density at radius 2 is 1.88 bits per heavy atom. The zero-order valence-electron chi connectivity index (χ0n) is 12.3. The van der Waals surface area contributed by atoms with Crippen molar-refractivity contribution in [2.45, 2.75) is 17.4 Å². The molecule has 3 aromatic rings. The minimum absolute atomic E-state index is 0.0424. The normalized spacial score (nSPS) is 13.0. The molecule has 0 aliphatic carbocycles. The van der Waals surface area contributed by atoms with Gasteiger partial charge in [0.15, 0.2) is 0 Å². The van der Waals surface area contributed by atoms with E-state index < -0.39 is 22.0 Å². The zero-order valence-corrected chi connectivity index (χ0v) is 13.9. The standard InChI is InChI=1S/C15H13N3O4S2/c19-15(20)12(9-10-5-2-1-3-6-10)18-24(21,22)13-8-4-7-11-14(13)17-23-16-11/h1-8,12,18H,9H2,(H,19,20)/t12-/m1/s1. The van der Waals surface area contributed by atoms with E-state index in [1.807, 2.05) is 0 Å². The van der Waals surface area contributed by atoms with Crippen molar-refractivity contribution in [3.8, 4) is 0 Å². The summed E-state index contributed by atoms with van der Waals surface area (Å²) >= 11 is 0.902. The molecule has 2 N–H and O–H groups in total. The van der Waals surface area contributed by atoms with Crippen LogP contribution in [0.1, 0.15) is 5.56 Å². The zero-order chi connectivity index (χ0) is 17.2. The maximum Gasteiger partial charge on any atom is 0.322 e. The second-order valence-corrected chi connectivity index (χ2v) is 7.30. The van der Waals surface area contributed by atoms with Crippen molar-refractivity contribution in [3.63, 3.8) is 0 Å². The van der Waals surface area contributed by atoms with Gasteiger partial charge in [-0.05, 0) is 24.1 Å². The average Bonchev–Trinajstić information content (AvgIpc) is 3.03. The first-order valence-electron chi connectivity index (χ1n) is 6.98. The van der Waals surface area contributed by atoms with Gasteiger partial charge in [-0.15, -0.1) is 0 Å². The van der Waals surface area contributed by atoms with Crippen LogP contribution in [0.3, 0.4) is 0 Å². The lowest BCUT2D eigenvalue weighted by atomic mass is 10.1. The summed E-state index contributed by atoms with van der Waals surface area (Å²) in [6, 6.07) is 12.1. The molecule has 2 aromatic carbocycles. The highest BCUT2D eigenvalue weighted by atomic mass is 32.2. The summed E-state index contributed by atoms with van der Waals surface area (Å²) in [5, 5.41) is 9.37. The van der Waals surface area contributed by atoms with E-state index in [9.17, 15) is 18.3 Å². The van der Waals surface area contributed by atoms with Crippen molar-refractivity contribution in [2.24, 2.45) is 0 Å². The molecule has 24 heavy (non-hydrogen) atoms. The fourth-order valence-electron chi connectivity index (χ4n) is 2.28. The number of hydrogen-bond donors (Lipinski definition) is 2. The molecule has 1 heterocycles. The summed E-state index contributed by atoms with van der Waals surface area (Å²) in [5.74, 6) is -1.24. The van der Waals surface area contributed by atoms with Crippen LogP contribution in [-0.4, -0.2) is 34.3 Å². The Bertz CT molecular complexity index is 971. The van der Waals surface area contributed by atoms with E-state index in [4.69, 9.17) is 0 Å². The van der Waals surface area contributed by atoms with E-state index >= 15 is 0 Å². The van der Waals surface area contributed by atoms with Gasteiger partial charge < -0.3 is 5.11 Å². The maximum atomic E-state index is 12.6. The first kappa shape index (κ1) is 16.5. The molecule has 1 atom stereocenters. The summed E-state index contributed by atoms with van der Waals surface area (Å²) in [4.78, 5) is 11.4. The molecular formula is C15H13N3O4S2. The Morgan fingerprint density at radius 1 is 1.12 bits per heavy atom. The van der Waals surface area contributed by atoms with E-state index in [-0.39, 0.29) is 16.8 Å². The quantitative estimate of drug-likeness (QED) is 0.689. The largest absolute Gasteiger partial charge is 0.480 e. The van der Waals surface area contributed by atoms with Gasteiger partial charge in [-0.1, -0.05) is 36.4 Å². The predicted octanol–water partition coefficient (Wildman–Crippen LogP) is 1.67. The van der Waals surface area contributed by atoms with Crippen molar-refractivity contribution >= 4 is 38.8 Å². The Hall–Kier alpha value is -2.36. The third-order valence-corrected chi connectivity index (χ3v) is 5.46. The lowest BCUT2D eigenvalue weighted by Gasteiger charge is -2.15. The molecular weight excluding hydrogens is 350 g/mol. The Kier molecular flexibility index (Phi) is 4.56. The van der Waals surface area contributed by atoms with Crippen molar-refractivity contribution in [3.05, 3.63) is 54.1 Å². The van der Waals surface area contributed by atoms with E-state index in [1.54, 1.807) is 42.5 Å². The van der Waals surface area contributed by atoms with Gasteiger partial charge in [0.2, 0.25) is 10.0 Å². The van der Waals surface area contributed by atoms with Crippen LogP contribution in [0.15, 0.2) is 53.4 Å². The second kappa shape index (κ2) is 6.63. The molecule has 0 amide bonds. The highest BCUT2D eigenvalue weighted by molar-refractivity contribution is 7.89. The maximum absolute atomic E-state index is 12.6. The summed E-state index contributed by atoms with van der Waals surface area (Å²) in [5.41, 5.74) is 1.41. The van der Waals surface area contributed by atoms with Gasteiger partial charge in [0, 0.05) is 0 Å². The van der Waals surface area contributed by atoms with Crippen LogP contribution in [0.25, 0.3) is 11.0 Å². The van der Waals surface area contributed by atoms with Gasteiger partial charge in [-0.3, -0.25) is 4.79 Å². The van der Waals surface area contributed by atoms with Crippen LogP contribution < -0.4 is 4.72 Å². The lowest BCUT2D eigenvalue weighted by Crippen LogP contribution is -2.42. The Balaban J connectivity index is 1.91. The number of rotatable bonds is 6. The van der Waals surface area contributed by atoms with Crippen LogP contribution in [0, 0.1) is 0 Å². The predicted molar refractivity (Wildman–Crippen MR) is 89.3 cm³/mol. The molecule has 0 bridgehead atoms. The monoisotopic (exact) mass is 363 g/mol. The highest BCUT2D eigenvalue weighted by Crippen LogP contribution is 2.21.